The summed E-state index contributed by atoms with van der Waals surface area (Å²) in [5.41, 5.74) is 1.25. The molecule has 0 aromatic carbocycles. The predicted octanol–water partition coefficient (Wildman–Crippen LogP) is 1.22. The van der Waals surface area contributed by atoms with Crippen molar-refractivity contribution < 1.29 is 20.9 Å². The number of rotatable bonds is 5. The Morgan fingerprint density at radius 1 is 1.41 bits per heavy atom. The number of carbonyl (C=O) groups is 2. The second kappa shape index (κ2) is 11.1. The first kappa shape index (κ1) is 23.8. The predicted molar refractivity (Wildman–Crippen MR) is 119 cm³/mol. The van der Waals surface area contributed by atoms with Gasteiger partial charge in [0, 0.05) is 58.4 Å². The van der Waals surface area contributed by atoms with Crippen molar-refractivity contribution in [2.45, 2.75) is 52.0 Å². The number of amides is 2. The Hall–Kier alpha value is -2.85. The van der Waals surface area contributed by atoms with E-state index in [1.54, 1.807) is 46.1 Å². The minimum Gasteiger partial charge on any atom is -0.394 e. The molecule has 176 valence electrons. The van der Waals surface area contributed by atoms with Gasteiger partial charge >= 0.3 is 0 Å². The maximum Gasteiger partial charge on any atom is 0.253 e. The summed E-state index contributed by atoms with van der Waals surface area (Å²) in [6.07, 6.45) is 5.64. The van der Waals surface area contributed by atoms with E-state index in [-0.39, 0.29) is 44.5 Å². The van der Waals surface area contributed by atoms with Gasteiger partial charge in [-0.15, -0.1) is 5.10 Å². The number of likely N-dealkylation sites (N-methyl/N-ethyl adjacent to an activating group) is 1. The van der Waals surface area contributed by atoms with Crippen molar-refractivity contribution in [1.82, 2.24) is 29.8 Å². The number of aromatic nitrogens is 4. The van der Waals surface area contributed by atoms with Crippen LogP contribution in [0.15, 0.2) is 30.7 Å². The number of aryl methyl sites for hydroxylation is 1. The molecule has 2 bridgehead atoms. The van der Waals surface area contributed by atoms with Gasteiger partial charge in [-0.25, -0.2) is 0 Å². The fourth-order valence-corrected chi connectivity index (χ4v) is 3.76. The van der Waals surface area contributed by atoms with E-state index in [1.165, 1.54) is 0 Å². The Bertz CT molecular complexity index is 896. The van der Waals surface area contributed by atoms with E-state index in [4.69, 9.17) is 4.74 Å². The van der Waals surface area contributed by atoms with Crippen molar-refractivity contribution in [3.8, 4) is 0 Å². The zero-order chi connectivity index (χ0) is 23.1. The minimum atomic E-state index is -0.349. The number of fused-ring (bicyclic) bond motifs is 2. The Balaban J connectivity index is 0.00000385. The van der Waals surface area contributed by atoms with Crippen LogP contribution in [0, 0.1) is 5.92 Å². The summed E-state index contributed by atoms with van der Waals surface area (Å²) in [6.45, 7) is 5.32. The lowest BCUT2D eigenvalue weighted by atomic mass is 10.0. The molecule has 32 heavy (non-hydrogen) atoms. The zero-order valence-corrected chi connectivity index (χ0v) is 18.9. The summed E-state index contributed by atoms with van der Waals surface area (Å²) in [6, 6.07) is 3.05. The average Bonchev–Trinajstić information content (AvgIpc) is 3.26. The van der Waals surface area contributed by atoms with Gasteiger partial charge in [-0.2, -0.15) is 0 Å². The molecule has 2 aromatic heterocycles. The third-order valence-electron chi connectivity index (χ3n) is 5.77. The van der Waals surface area contributed by atoms with Gasteiger partial charge in [0.2, 0.25) is 5.91 Å². The topological polar surface area (TPSA) is 114 Å². The maximum absolute atomic E-state index is 12.9. The summed E-state index contributed by atoms with van der Waals surface area (Å²) in [4.78, 5) is 33.0. The smallest absolute Gasteiger partial charge is 0.253 e. The van der Waals surface area contributed by atoms with E-state index in [2.05, 4.69) is 15.3 Å². The molecule has 1 aliphatic heterocycles. The SMILES string of the molecule is C[C@H]1CN([C@@H](C)CO)C(=O)CCCn2cc(nn2)CO[C@H]1CN(C)C(=O)c1ccncc1.[HH]. The highest BCUT2D eigenvalue weighted by Gasteiger charge is 2.29. The first-order chi connectivity index (χ1) is 15.4. The second-order valence-electron chi connectivity index (χ2n) is 8.40. The molecule has 0 radical (unpaired) electrons. The highest BCUT2D eigenvalue weighted by molar-refractivity contribution is 5.93. The van der Waals surface area contributed by atoms with Gasteiger partial charge in [0.1, 0.15) is 5.69 Å². The van der Waals surface area contributed by atoms with Crippen LogP contribution in [-0.2, 0) is 22.7 Å². The Morgan fingerprint density at radius 3 is 2.88 bits per heavy atom. The lowest BCUT2D eigenvalue weighted by Crippen LogP contribution is -2.47. The number of carbonyl (C=O) groups excluding carboxylic acids is 2. The molecule has 3 atom stereocenters. The molecule has 3 rings (SSSR count). The Morgan fingerprint density at radius 2 is 2.16 bits per heavy atom. The molecule has 1 aliphatic rings. The first-order valence-electron chi connectivity index (χ1n) is 11.0. The molecular weight excluding hydrogens is 412 g/mol. The Kier molecular flexibility index (Phi) is 8.29. The van der Waals surface area contributed by atoms with Gasteiger partial charge in [0.15, 0.2) is 0 Å². The monoisotopic (exact) mass is 446 g/mol. The summed E-state index contributed by atoms with van der Waals surface area (Å²) < 4.78 is 7.91. The van der Waals surface area contributed by atoms with Gasteiger partial charge in [-0.1, -0.05) is 12.1 Å². The summed E-state index contributed by atoms with van der Waals surface area (Å²) in [5, 5.41) is 18.0. The Labute approximate surface area is 189 Å². The summed E-state index contributed by atoms with van der Waals surface area (Å²) in [5.74, 6) is -0.233. The molecule has 1 N–H and O–H groups in total. The molecule has 0 spiro atoms. The first-order valence-corrected chi connectivity index (χ1v) is 11.0. The molecular formula is C22H34N6O4. The van der Waals surface area contributed by atoms with E-state index in [9.17, 15) is 14.7 Å². The molecule has 10 heteroatoms. The third kappa shape index (κ3) is 6.10. The van der Waals surface area contributed by atoms with Crippen LogP contribution in [0.2, 0.25) is 0 Å². The zero-order valence-electron chi connectivity index (χ0n) is 18.9. The van der Waals surface area contributed by atoms with Crippen molar-refractivity contribution in [2.75, 3.05) is 26.7 Å². The largest absolute Gasteiger partial charge is 0.394 e. The van der Waals surface area contributed by atoms with Crippen molar-refractivity contribution in [1.29, 1.82) is 0 Å². The number of ether oxygens (including phenoxy) is 1. The van der Waals surface area contributed by atoms with Crippen LogP contribution in [0.4, 0.5) is 0 Å². The fourth-order valence-electron chi connectivity index (χ4n) is 3.76. The average molecular weight is 447 g/mol. The summed E-state index contributed by atoms with van der Waals surface area (Å²) >= 11 is 0. The van der Waals surface area contributed by atoms with Gasteiger partial charge in [0.25, 0.3) is 5.91 Å². The molecule has 2 amide bonds. The van der Waals surface area contributed by atoms with Crippen LogP contribution >= 0.6 is 0 Å². The van der Waals surface area contributed by atoms with Crippen molar-refractivity contribution in [2.24, 2.45) is 5.92 Å². The highest BCUT2D eigenvalue weighted by atomic mass is 16.5. The number of aliphatic hydroxyl groups is 1. The molecule has 3 heterocycles. The number of hydrogen-bond acceptors (Lipinski definition) is 7. The van der Waals surface area contributed by atoms with E-state index in [0.717, 1.165) is 0 Å². The van der Waals surface area contributed by atoms with Crippen LogP contribution in [0.3, 0.4) is 0 Å². The van der Waals surface area contributed by atoms with Gasteiger partial charge in [-0.05, 0) is 25.5 Å². The van der Waals surface area contributed by atoms with E-state index < -0.39 is 0 Å². The quantitative estimate of drug-likeness (QED) is 0.734. The van der Waals surface area contributed by atoms with E-state index in [0.29, 0.717) is 43.7 Å². The van der Waals surface area contributed by atoms with Crippen molar-refractivity contribution in [3.05, 3.63) is 42.0 Å². The molecule has 10 nitrogen and oxygen atoms in total. The molecule has 0 saturated carbocycles. The number of nitrogens with zero attached hydrogens (tertiary/aromatic N) is 6. The number of pyridine rings is 1. The van der Waals surface area contributed by atoms with Crippen LogP contribution < -0.4 is 0 Å². The highest BCUT2D eigenvalue weighted by Crippen LogP contribution is 2.18. The fraction of sp³-hybridized carbons (Fsp3) is 0.591. The molecule has 2 aromatic rings. The molecule has 0 aliphatic carbocycles. The van der Waals surface area contributed by atoms with Crippen LogP contribution in [0.5, 0.6) is 0 Å². The summed E-state index contributed by atoms with van der Waals surface area (Å²) in [7, 11) is 1.73. The normalized spacial score (nSPS) is 21.2. The van der Waals surface area contributed by atoms with Crippen LogP contribution in [0.1, 0.15) is 44.2 Å². The number of aliphatic hydroxyl groups excluding tert-OH is 1. The van der Waals surface area contributed by atoms with Gasteiger partial charge in [0.05, 0.1) is 31.6 Å². The number of hydrogen-bond donors (Lipinski definition) is 1. The standard InChI is InChI=1S/C22H32N6O4.H2/c1-16-11-28(17(2)14-29)21(30)5-4-10-27-12-19(24-25-27)15-32-20(16)13-26(3)22(31)18-6-8-23-9-7-18;/h6-9,12,16-17,20,29H,4-5,10-11,13-15H2,1-3H3;1H/t16-,17-,20-;/m0./s1. The van der Waals surface area contributed by atoms with Gasteiger partial charge < -0.3 is 19.6 Å². The molecule has 0 saturated heterocycles. The maximum atomic E-state index is 12.9. The molecule has 0 fully saturated rings. The third-order valence-corrected chi connectivity index (χ3v) is 5.77. The second-order valence-corrected chi connectivity index (χ2v) is 8.40. The lowest BCUT2D eigenvalue weighted by Gasteiger charge is -2.35. The van der Waals surface area contributed by atoms with Crippen LogP contribution in [-0.4, -0.2) is 85.6 Å². The minimum absolute atomic E-state index is 0. The lowest BCUT2D eigenvalue weighted by molar-refractivity contribution is -0.136. The van der Waals surface area contributed by atoms with Gasteiger partial charge in [-0.3, -0.25) is 19.3 Å². The van der Waals surface area contributed by atoms with E-state index >= 15 is 0 Å². The molecule has 0 unspecified atom stereocenters. The van der Waals surface area contributed by atoms with Crippen molar-refractivity contribution in [3.63, 3.8) is 0 Å². The van der Waals surface area contributed by atoms with E-state index in [1.807, 2.05) is 20.0 Å². The van der Waals surface area contributed by atoms with Crippen LogP contribution in [0.25, 0.3) is 0 Å². The van der Waals surface area contributed by atoms with Crippen molar-refractivity contribution >= 4 is 11.8 Å².